The quantitative estimate of drug-likeness (QED) is 0.407. The minimum absolute atomic E-state index is 0.0293. The van der Waals surface area contributed by atoms with Crippen LogP contribution in [0, 0.1) is 11.1 Å². The summed E-state index contributed by atoms with van der Waals surface area (Å²) < 4.78 is 0. The van der Waals surface area contributed by atoms with Crippen LogP contribution in [0.5, 0.6) is 0 Å². The van der Waals surface area contributed by atoms with Gasteiger partial charge in [-0.05, 0) is 0 Å². The first-order valence-corrected chi connectivity index (χ1v) is 2.81. The van der Waals surface area contributed by atoms with Gasteiger partial charge >= 0.3 is 5.81 Å². The van der Waals surface area contributed by atoms with Crippen molar-refractivity contribution in [1.82, 2.24) is 0 Å². The van der Waals surface area contributed by atoms with Crippen molar-refractivity contribution >= 4 is 19.2 Å². The van der Waals surface area contributed by atoms with E-state index in [0.29, 0.717) is 0 Å². The Labute approximate surface area is 31.1 Å². The van der Waals surface area contributed by atoms with Crippen molar-refractivity contribution in [3.05, 3.63) is 0 Å². The molecule has 4 heavy (non-hydrogen) atoms. The maximum absolute atomic E-state index is 7.53. The predicted octanol–water partition coefficient (Wildman–Crippen LogP) is 0.608. The zero-order chi connectivity index (χ0) is 3.41. The maximum Gasteiger partial charge on any atom is 0.315 e. The van der Waals surface area contributed by atoms with Crippen LogP contribution in [0.15, 0.2) is 0 Å². The van der Waals surface area contributed by atoms with Crippen LogP contribution in [0.25, 0.3) is 0 Å². The second-order valence-electron chi connectivity index (χ2n) is 0.214. The Morgan fingerprint density at radius 2 is 2.25 bits per heavy atom. The van der Waals surface area contributed by atoms with Gasteiger partial charge in [0.05, 0.1) is 0 Å². The van der Waals surface area contributed by atoms with Crippen molar-refractivity contribution in [1.29, 1.82) is 5.26 Å². The highest BCUT2D eigenvalue weighted by molar-refractivity contribution is 7.98. The van der Waals surface area contributed by atoms with Crippen LogP contribution in [0.4, 0.5) is 0 Å². The molecule has 0 rings (SSSR count). The Bertz CT molecular complexity index is 53.5. The van der Waals surface area contributed by atoms with Crippen LogP contribution in [0.3, 0.4) is 0 Å². The molecule has 0 bridgehead atoms. The zero-order valence-corrected chi connectivity index (χ0v) is 3.67. The summed E-state index contributed by atoms with van der Waals surface area (Å²) in [6.07, 6.45) is 0. The van der Waals surface area contributed by atoms with Crippen LogP contribution >= 0.6 is 7.36 Å². The Hall–Kier alpha value is 0.01000. The summed E-state index contributed by atoms with van der Waals surface area (Å²) in [4.78, 5) is 0. The lowest BCUT2D eigenvalue weighted by Crippen LogP contribution is -1.03. The number of hydrogen-bond donors (Lipinski definition) is 0. The fourth-order valence-electron chi connectivity index (χ4n) is 0. The van der Waals surface area contributed by atoms with Crippen molar-refractivity contribution in [2.45, 2.75) is 0 Å². The van der Waals surface area contributed by atoms with Crippen molar-refractivity contribution in [3.63, 3.8) is 0 Å². The number of nitriles is 1. The average Bonchev–Trinajstić information content (AvgIpc) is 1.37. The van der Waals surface area contributed by atoms with E-state index in [1.165, 1.54) is 0 Å². The minimum Gasteiger partial charge on any atom is -0.142 e. The van der Waals surface area contributed by atoms with Crippen LogP contribution in [-0.4, -0.2) is 0 Å². The third kappa shape index (κ3) is 2.01. The molecule has 0 saturated heterocycles. The first-order chi connectivity index (χ1) is 1.91. The summed E-state index contributed by atoms with van der Waals surface area (Å²) in [7, 11) is 0.0293. The van der Waals surface area contributed by atoms with E-state index < -0.39 is 0 Å². The molecule has 0 spiro atoms. The van der Waals surface area contributed by atoms with Gasteiger partial charge in [0.25, 0.3) is 7.36 Å². The van der Waals surface area contributed by atoms with E-state index in [9.17, 15) is 0 Å². The summed E-state index contributed by atoms with van der Waals surface area (Å²) in [5, 5.41) is 7.53. The van der Waals surface area contributed by atoms with Gasteiger partial charge in [0.2, 0.25) is 0 Å². The predicted molar refractivity (Wildman–Crippen MR) is 21.3 cm³/mol. The van der Waals surface area contributed by atoms with Crippen LogP contribution in [0.1, 0.15) is 0 Å². The highest BCUT2D eigenvalue weighted by atomic mass is 32.4. The van der Waals surface area contributed by atoms with Crippen molar-refractivity contribution in [2.75, 3.05) is 0 Å². The molecule has 0 fully saturated rings. The molecule has 1 atom stereocenters. The summed E-state index contributed by atoms with van der Waals surface area (Å²) in [6.45, 7) is 0. The van der Waals surface area contributed by atoms with Crippen LogP contribution < -0.4 is 0 Å². The highest BCUT2D eigenvalue weighted by Gasteiger charge is 1.58. The normalized spacial score (nSPS) is 5.75. The van der Waals surface area contributed by atoms with E-state index in [1.54, 1.807) is 5.81 Å². The number of hydrogen-bond acceptors (Lipinski definition) is 2. The van der Waals surface area contributed by atoms with E-state index in [0.717, 1.165) is 0 Å². The van der Waals surface area contributed by atoms with Crippen LogP contribution in [0.2, 0.25) is 0 Å². The smallest absolute Gasteiger partial charge is 0.142 e. The Balaban J connectivity index is 2.92. The van der Waals surface area contributed by atoms with E-state index in [4.69, 9.17) is 5.26 Å². The van der Waals surface area contributed by atoms with Gasteiger partial charge in [-0.15, -0.1) is 5.26 Å². The number of rotatable bonds is 0. The second kappa shape index (κ2) is 3.01. The summed E-state index contributed by atoms with van der Waals surface area (Å²) in [6, 6.07) is 0. The number of nitrogens with zero attached hydrogens (tertiary/aromatic N) is 1. The molecule has 0 aromatic heterocycles. The molecule has 1 unspecified atom stereocenters. The van der Waals surface area contributed by atoms with Gasteiger partial charge in [0, 0.05) is 0 Å². The first-order valence-electron chi connectivity index (χ1n) is 0.678. The topological polar surface area (TPSA) is 23.8 Å². The Morgan fingerprint density at radius 3 is 2.25 bits per heavy atom. The van der Waals surface area contributed by atoms with Crippen molar-refractivity contribution in [3.8, 4) is 5.81 Å². The average molecular weight is 90.1 g/mol. The zero-order valence-electron chi connectivity index (χ0n) is 1.86. The molecular formula is CHNPS+. The monoisotopic (exact) mass is 90.0 g/mol. The second-order valence-corrected chi connectivity index (χ2v) is 1.25. The Kier molecular flexibility index (Phi) is 3.02. The van der Waals surface area contributed by atoms with Gasteiger partial charge in [-0.25, -0.2) is 0 Å². The molecule has 0 radical (unpaired) electrons. The Morgan fingerprint density at radius 1 is 2.00 bits per heavy atom. The molecule has 3 heteroatoms. The molecule has 20 valence electrons. The maximum atomic E-state index is 7.53. The lowest BCUT2D eigenvalue weighted by Gasteiger charge is -1.08. The van der Waals surface area contributed by atoms with E-state index in [-0.39, 0.29) is 7.36 Å². The molecule has 0 N–H and O–H groups in total. The molecule has 0 aliphatic heterocycles. The van der Waals surface area contributed by atoms with Gasteiger partial charge in [-0.2, -0.15) is 0 Å². The van der Waals surface area contributed by atoms with Crippen molar-refractivity contribution in [2.24, 2.45) is 0 Å². The SMILES string of the molecule is N#C[PH+]=S. The summed E-state index contributed by atoms with van der Waals surface area (Å²) in [5.74, 6) is 1.77. The van der Waals surface area contributed by atoms with Gasteiger partial charge < -0.3 is 0 Å². The third-order valence-electron chi connectivity index (χ3n) is 0.0456. The lowest BCUT2D eigenvalue weighted by molar-refractivity contribution is 1.57. The highest BCUT2D eigenvalue weighted by Crippen LogP contribution is 1.77. The molecular weight excluding hydrogens is 89.1 g/mol. The molecule has 0 heterocycles. The molecule has 0 amide bonds. The molecule has 0 aromatic rings. The first kappa shape index (κ1) is 4.01. The minimum atomic E-state index is 0.0293. The molecule has 0 aliphatic rings. The fraction of sp³-hybridized carbons (Fsp3) is 0. The largest absolute Gasteiger partial charge is 0.315 e. The van der Waals surface area contributed by atoms with Crippen molar-refractivity contribution < 1.29 is 0 Å². The standard InChI is InChI=1S/CNPS/c2-1-3-4/p+1. The summed E-state index contributed by atoms with van der Waals surface area (Å²) in [5.41, 5.74) is 0. The van der Waals surface area contributed by atoms with Gasteiger partial charge in [-0.3, -0.25) is 0 Å². The molecule has 0 aromatic carbocycles. The van der Waals surface area contributed by atoms with E-state index in [2.05, 4.69) is 11.8 Å². The lowest BCUT2D eigenvalue weighted by atomic mass is 11.8. The van der Waals surface area contributed by atoms with E-state index >= 15 is 0 Å². The molecule has 0 aliphatic carbocycles. The fourth-order valence-corrected chi connectivity index (χ4v) is 0. The van der Waals surface area contributed by atoms with E-state index in [1.807, 2.05) is 0 Å². The van der Waals surface area contributed by atoms with Gasteiger partial charge in [0.1, 0.15) is 0 Å². The third-order valence-corrected chi connectivity index (χ3v) is 0.411. The summed E-state index contributed by atoms with van der Waals surface area (Å²) >= 11 is 4.22. The van der Waals surface area contributed by atoms with Gasteiger partial charge in [-0.1, -0.05) is 0 Å². The van der Waals surface area contributed by atoms with Crippen LogP contribution in [-0.2, 0) is 11.8 Å². The van der Waals surface area contributed by atoms with Gasteiger partial charge in [0.15, 0.2) is 11.8 Å². The molecule has 0 saturated carbocycles. The molecule has 1 nitrogen and oxygen atoms in total.